The lowest BCUT2D eigenvalue weighted by molar-refractivity contribution is 0.0950. The summed E-state index contributed by atoms with van der Waals surface area (Å²) in [7, 11) is 0. The zero-order valence-electron chi connectivity index (χ0n) is 15.2. The Morgan fingerprint density at radius 1 is 1.00 bits per heavy atom. The molecule has 142 valence electrons. The number of benzene rings is 2. The monoisotopic (exact) mass is 400 g/mol. The number of aromatic nitrogens is 4. The number of rotatable bonds is 5. The molecule has 0 bridgehead atoms. The van der Waals surface area contributed by atoms with E-state index in [1.54, 1.807) is 12.3 Å². The number of anilines is 2. The Balaban J connectivity index is 1.30. The first-order chi connectivity index (χ1) is 14.2. The summed E-state index contributed by atoms with van der Waals surface area (Å²) >= 11 is 1.48. The van der Waals surface area contributed by atoms with Crippen molar-refractivity contribution < 1.29 is 4.79 Å². The average Bonchev–Trinajstić information content (AvgIpc) is 3.35. The van der Waals surface area contributed by atoms with Crippen LogP contribution in [0, 0.1) is 0 Å². The minimum atomic E-state index is -0.153. The Hall–Kier alpha value is -3.78. The third-order valence-electron chi connectivity index (χ3n) is 4.41. The van der Waals surface area contributed by atoms with Crippen LogP contribution in [0.3, 0.4) is 0 Å². The maximum absolute atomic E-state index is 12.6. The second-order valence-electron chi connectivity index (χ2n) is 6.42. The van der Waals surface area contributed by atoms with Gasteiger partial charge in [-0.3, -0.25) is 4.79 Å². The normalized spacial score (nSPS) is 11.0. The van der Waals surface area contributed by atoms with E-state index >= 15 is 0 Å². The molecule has 0 aliphatic rings. The van der Waals surface area contributed by atoms with E-state index in [0.717, 1.165) is 38.0 Å². The third-order valence-corrected chi connectivity index (χ3v) is 5.34. The van der Waals surface area contributed by atoms with E-state index in [1.165, 1.54) is 11.3 Å². The van der Waals surface area contributed by atoms with Crippen LogP contribution in [0.4, 0.5) is 10.9 Å². The second kappa shape index (κ2) is 7.33. The molecule has 8 heteroatoms. The van der Waals surface area contributed by atoms with E-state index in [1.807, 2.05) is 54.6 Å². The summed E-state index contributed by atoms with van der Waals surface area (Å²) in [5.74, 6) is 1.30. The Morgan fingerprint density at radius 2 is 1.90 bits per heavy atom. The van der Waals surface area contributed by atoms with Crippen molar-refractivity contribution in [2.45, 2.75) is 6.54 Å². The first kappa shape index (κ1) is 17.3. The SMILES string of the molecule is O=C(NCc1nc2ccccc2[nH]1)c1ccc2nc(Nc3ccccn3)sc2c1. The number of imidazole rings is 1. The quantitative estimate of drug-likeness (QED) is 0.410. The number of carbonyl (C=O) groups is 1. The highest BCUT2D eigenvalue weighted by atomic mass is 32.1. The van der Waals surface area contributed by atoms with Crippen molar-refractivity contribution in [2.24, 2.45) is 0 Å². The number of nitrogens with one attached hydrogen (secondary N) is 3. The topological polar surface area (TPSA) is 95.6 Å². The maximum Gasteiger partial charge on any atom is 0.251 e. The summed E-state index contributed by atoms with van der Waals surface area (Å²) in [5.41, 5.74) is 3.26. The lowest BCUT2D eigenvalue weighted by Gasteiger charge is -2.03. The Labute approximate surface area is 169 Å². The molecule has 3 aromatic heterocycles. The van der Waals surface area contributed by atoms with Crippen molar-refractivity contribution in [3.05, 3.63) is 78.2 Å². The molecule has 0 saturated heterocycles. The van der Waals surface area contributed by atoms with Gasteiger partial charge in [0.15, 0.2) is 5.13 Å². The molecule has 0 fully saturated rings. The molecular formula is C21H16N6OS. The molecule has 5 rings (SSSR count). The van der Waals surface area contributed by atoms with Gasteiger partial charge in [-0.1, -0.05) is 29.5 Å². The summed E-state index contributed by atoms with van der Waals surface area (Å²) in [4.78, 5) is 29.1. The minimum Gasteiger partial charge on any atom is -0.345 e. The fourth-order valence-corrected chi connectivity index (χ4v) is 3.93. The Kier molecular flexibility index (Phi) is 4.38. The van der Waals surface area contributed by atoms with Crippen molar-refractivity contribution >= 4 is 49.4 Å². The number of carbonyl (C=O) groups excluding carboxylic acids is 1. The van der Waals surface area contributed by atoms with E-state index < -0.39 is 0 Å². The molecule has 3 heterocycles. The number of thiazole rings is 1. The first-order valence-corrected chi connectivity index (χ1v) is 9.87. The smallest absolute Gasteiger partial charge is 0.251 e. The summed E-state index contributed by atoms with van der Waals surface area (Å²) in [5, 5.41) is 6.83. The molecule has 5 aromatic rings. The number of amides is 1. The highest BCUT2D eigenvalue weighted by Gasteiger charge is 2.11. The van der Waals surface area contributed by atoms with Gasteiger partial charge in [0.25, 0.3) is 5.91 Å². The van der Waals surface area contributed by atoms with Crippen LogP contribution in [0.5, 0.6) is 0 Å². The second-order valence-corrected chi connectivity index (χ2v) is 7.46. The summed E-state index contributed by atoms with van der Waals surface area (Å²) in [6.07, 6.45) is 1.72. The van der Waals surface area contributed by atoms with Crippen LogP contribution in [-0.4, -0.2) is 25.8 Å². The summed E-state index contributed by atoms with van der Waals surface area (Å²) < 4.78 is 0.930. The number of fused-ring (bicyclic) bond motifs is 2. The van der Waals surface area contributed by atoms with Crippen LogP contribution in [0.25, 0.3) is 21.3 Å². The molecule has 0 aliphatic heterocycles. The molecule has 29 heavy (non-hydrogen) atoms. The van der Waals surface area contributed by atoms with Gasteiger partial charge in [0.2, 0.25) is 0 Å². The van der Waals surface area contributed by atoms with Gasteiger partial charge in [-0.15, -0.1) is 0 Å². The molecule has 0 radical (unpaired) electrons. The largest absolute Gasteiger partial charge is 0.345 e. The van der Waals surface area contributed by atoms with Gasteiger partial charge in [0.05, 0.1) is 27.8 Å². The number of hydrogen-bond donors (Lipinski definition) is 3. The van der Waals surface area contributed by atoms with Crippen LogP contribution in [0.15, 0.2) is 66.9 Å². The van der Waals surface area contributed by atoms with E-state index in [4.69, 9.17) is 0 Å². The summed E-state index contributed by atoms with van der Waals surface area (Å²) in [6, 6.07) is 18.9. The van der Waals surface area contributed by atoms with Crippen LogP contribution in [-0.2, 0) is 6.54 Å². The van der Waals surface area contributed by atoms with Crippen LogP contribution in [0.2, 0.25) is 0 Å². The lowest BCUT2D eigenvalue weighted by atomic mass is 10.2. The fourth-order valence-electron chi connectivity index (χ4n) is 3.02. The molecule has 0 aliphatic carbocycles. The molecule has 1 amide bonds. The van der Waals surface area contributed by atoms with E-state index in [2.05, 4.69) is 30.6 Å². The highest BCUT2D eigenvalue weighted by molar-refractivity contribution is 7.22. The average molecular weight is 400 g/mol. The van der Waals surface area contributed by atoms with Gasteiger partial charge in [-0.2, -0.15) is 0 Å². The van der Waals surface area contributed by atoms with Gasteiger partial charge < -0.3 is 15.6 Å². The number of aromatic amines is 1. The van der Waals surface area contributed by atoms with Crippen molar-refractivity contribution in [1.82, 2.24) is 25.3 Å². The summed E-state index contributed by atoms with van der Waals surface area (Å²) in [6.45, 7) is 0.334. The first-order valence-electron chi connectivity index (χ1n) is 9.05. The third kappa shape index (κ3) is 3.65. The number of hydrogen-bond acceptors (Lipinski definition) is 6. The van der Waals surface area contributed by atoms with Crippen molar-refractivity contribution in [1.29, 1.82) is 0 Å². The molecule has 7 nitrogen and oxygen atoms in total. The van der Waals surface area contributed by atoms with Crippen molar-refractivity contribution in [3.8, 4) is 0 Å². The standard InChI is InChI=1S/C21H16N6OS/c28-20(23-12-19-24-14-5-1-2-6-15(14)25-19)13-8-9-16-17(11-13)29-21(26-16)27-18-7-3-4-10-22-18/h1-11H,12H2,(H,23,28)(H,24,25)(H,22,26,27). The molecular weight excluding hydrogens is 384 g/mol. The highest BCUT2D eigenvalue weighted by Crippen LogP contribution is 2.28. The number of pyridine rings is 1. The van der Waals surface area contributed by atoms with Crippen molar-refractivity contribution in [2.75, 3.05) is 5.32 Å². The number of H-pyrrole nitrogens is 1. The zero-order chi connectivity index (χ0) is 19.6. The van der Waals surface area contributed by atoms with Gasteiger partial charge in [-0.05, 0) is 42.5 Å². The van der Waals surface area contributed by atoms with Gasteiger partial charge in [0, 0.05) is 11.8 Å². The molecule has 0 atom stereocenters. The maximum atomic E-state index is 12.6. The van der Waals surface area contributed by atoms with Gasteiger partial charge in [-0.25, -0.2) is 15.0 Å². The van der Waals surface area contributed by atoms with Gasteiger partial charge in [0.1, 0.15) is 11.6 Å². The number of nitrogens with zero attached hydrogens (tertiary/aromatic N) is 3. The van der Waals surface area contributed by atoms with Crippen molar-refractivity contribution in [3.63, 3.8) is 0 Å². The molecule has 2 aromatic carbocycles. The van der Waals surface area contributed by atoms with Crippen LogP contribution >= 0.6 is 11.3 Å². The van der Waals surface area contributed by atoms with E-state index in [-0.39, 0.29) is 5.91 Å². The molecule has 3 N–H and O–H groups in total. The van der Waals surface area contributed by atoms with Gasteiger partial charge >= 0.3 is 0 Å². The van der Waals surface area contributed by atoms with E-state index in [9.17, 15) is 4.79 Å². The lowest BCUT2D eigenvalue weighted by Crippen LogP contribution is -2.23. The number of para-hydroxylation sites is 2. The molecule has 0 saturated carbocycles. The molecule has 0 spiro atoms. The minimum absolute atomic E-state index is 0.153. The van der Waals surface area contributed by atoms with Crippen LogP contribution in [0.1, 0.15) is 16.2 Å². The zero-order valence-corrected chi connectivity index (χ0v) is 16.0. The molecule has 0 unspecified atom stereocenters. The van der Waals surface area contributed by atoms with E-state index in [0.29, 0.717) is 12.1 Å². The Bertz CT molecular complexity index is 1280. The Morgan fingerprint density at radius 3 is 2.76 bits per heavy atom. The predicted molar refractivity (Wildman–Crippen MR) is 114 cm³/mol. The predicted octanol–water partition coefficient (Wildman–Crippen LogP) is 4.24. The fraction of sp³-hybridized carbons (Fsp3) is 0.0476. The van der Waals surface area contributed by atoms with Crippen LogP contribution < -0.4 is 10.6 Å².